The van der Waals surface area contributed by atoms with Gasteiger partial charge in [0.25, 0.3) is 0 Å². The van der Waals surface area contributed by atoms with E-state index in [1.54, 1.807) is 4.68 Å². The van der Waals surface area contributed by atoms with Crippen molar-refractivity contribution in [3.05, 3.63) is 17.3 Å². The topological polar surface area (TPSA) is 134 Å². The van der Waals surface area contributed by atoms with E-state index in [0.29, 0.717) is 22.5 Å². The number of nitrogen functional groups attached to an aromatic ring is 3. The first-order chi connectivity index (χ1) is 9.01. The Bertz CT molecular complexity index is 573. The van der Waals surface area contributed by atoms with Gasteiger partial charge in [0.2, 0.25) is 0 Å². The fourth-order valence-corrected chi connectivity index (χ4v) is 2.68. The third-order valence-corrected chi connectivity index (χ3v) is 3.45. The van der Waals surface area contributed by atoms with Crippen molar-refractivity contribution >= 4 is 29.2 Å². The van der Waals surface area contributed by atoms with Crippen LogP contribution in [0.1, 0.15) is 11.3 Å². The van der Waals surface area contributed by atoms with Crippen molar-refractivity contribution in [3.63, 3.8) is 0 Å². The number of anilines is 3. The van der Waals surface area contributed by atoms with Crippen LogP contribution in [0.2, 0.25) is 0 Å². The van der Waals surface area contributed by atoms with E-state index in [0.717, 1.165) is 17.1 Å². The number of aromatic nitrogens is 4. The molecule has 8 nitrogen and oxygen atoms in total. The number of rotatable bonds is 4. The van der Waals surface area contributed by atoms with Gasteiger partial charge in [-0.2, -0.15) is 5.10 Å². The predicted octanol–water partition coefficient (Wildman–Crippen LogP) is 0.261. The van der Waals surface area contributed by atoms with Gasteiger partial charge in [-0.3, -0.25) is 4.68 Å². The van der Waals surface area contributed by atoms with Crippen LogP contribution in [0.5, 0.6) is 0 Å². The molecular formula is C10H16N8S. The van der Waals surface area contributed by atoms with Crippen molar-refractivity contribution in [2.45, 2.75) is 17.8 Å². The Balaban J connectivity index is 2.18. The van der Waals surface area contributed by atoms with Crippen LogP contribution in [0.3, 0.4) is 0 Å². The smallest absolute Gasteiger partial charge is 0.191 e. The minimum absolute atomic E-state index is 0.357. The summed E-state index contributed by atoms with van der Waals surface area (Å²) in [4.78, 5) is 8.22. The molecule has 2 heterocycles. The summed E-state index contributed by atoms with van der Waals surface area (Å²) in [5.41, 5.74) is 15.8. The SMILES string of the molecule is Cc1nn(C)c(NN)c1CSc1nc(N)cc(N)n1. The van der Waals surface area contributed by atoms with Crippen LogP contribution < -0.4 is 22.7 Å². The Morgan fingerprint density at radius 2 is 1.95 bits per heavy atom. The third-order valence-electron chi connectivity index (χ3n) is 2.57. The molecule has 2 aromatic rings. The number of nitrogens with one attached hydrogen (secondary N) is 1. The summed E-state index contributed by atoms with van der Waals surface area (Å²) in [6.45, 7) is 1.92. The van der Waals surface area contributed by atoms with Crippen LogP contribution in [0.4, 0.5) is 17.5 Å². The molecule has 0 bridgehead atoms. The maximum absolute atomic E-state index is 5.63. The molecular weight excluding hydrogens is 264 g/mol. The largest absolute Gasteiger partial charge is 0.383 e. The molecule has 9 heteroatoms. The third kappa shape index (κ3) is 2.88. The van der Waals surface area contributed by atoms with Gasteiger partial charge in [0, 0.05) is 24.4 Å². The Morgan fingerprint density at radius 3 is 2.53 bits per heavy atom. The number of hydrogen-bond donors (Lipinski definition) is 4. The minimum atomic E-state index is 0.357. The zero-order valence-electron chi connectivity index (χ0n) is 10.7. The summed E-state index contributed by atoms with van der Waals surface area (Å²) < 4.78 is 1.69. The Hall–Kier alpha value is -2.00. The molecule has 0 aliphatic carbocycles. The zero-order chi connectivity index (χ0) is 14.0. The molecule has 0 aliphatic rings. The van der Waals surface area contributed by atoms with Crippen LogP contribution >= 0.6 is 11.8 Å². The molecule has 0 amide bonds. The van der Waals surface area contributed by atoms with Crippen LogP contribution in [0.15, 0.2) is 11.2 Å². The van der Waals surface area contributed by atoms with E-state index in [2.05, 4.69) is 20.5 Å². The van der Waals surface area contributed by atoms with Crippen molar-refractivity contribution < 1.29 is 0 Å². The van der Waals surface area contributed by atoms with E-state index in [1.165, 1.54) is 17.8 Å². The molecule has 19 heavy (non-hydrogen) atoms. The summed E-state index contributed by atoms with van der Waals surface area (Å²) in [6.07, 6.45) is 0. The van der Waals surface area contributed by atoms with Gasteiger partial charge in [0.05, 0.1) is 5.69 Å². The molecule has 2 rings (SSSR count). The molecule has 0 aliphatic heterocycles. The van der Waals surface area contributed by atoms with Gasteiger partial charge in [0.15, 0.2) is 5.16 Å². The number of thioether (sulfide) groups is 1. The highest BCUT2D eigenvalue weighted by Crippen LogP contribution is 2.27. The van der Waals surface area contributed by atoms with Gasteiger partial charge in [-0.25, -0.2) is 15.8 Å². The Kier molecular flexibility index (Phi) is 3.76. The van der Waals surface area contributed by atoms with Crippen molar-refractivity contribution in [2.24, 2.45) is 12.9 Å². The maximum atomic E-state index is 5.63. The predicted molar refractivity (Wildman–Crippen MR) is 76.2 cm³/mol. The standard InChI is InChI=1S/C10H16N8S/c1-5-6(9(16-13)18(2)17-5)4-19-10-14-7(11)3-8(12)15-10/h3,16H,4,13H2,1-2H3,(H4,11,12,14,15). The van der Waals surface area contributed by atoms with Crippen LogP contribution in [0, 0.1) is 6.92 Å². The second kappa shape index (κ2) is 5.33. The number of nitrogens with zero attached hydrogens (tertiary/aromatic N) is 4. The van der Waals surface area contributed by atoms with Crippen molar-refractivity contribution in [2.75, 3.05) is 16.9 Å². The summed E-state index contributed by atoms with van der Waals surface area (Å²) in [7, 11) is 1.82. The fraction of sp³-hybridized carbons (Fsp3) is 0.300. The maximum Gasteiger partial charge on any atom is 0.191 e. The Morgan fingerprint density at radius 1 is 1.32 bits per heavy atom. The summed E-state index contributed by atoms with van der Waals surface area (Å²) in [5, 5.41) is 4.83. The van der Waals surface area contributed by atoms with Crippen LogP contribution in [-0.4, -0.2) is 19.7 Å². The molecule has 7 N–H and O–H groups in total. The Labute approximate surface area is 114 Å². The summed E-state index contributed by atoms with van der Waals surface area (Å²) in [5.74, 6) is 7.60. The first-order valence-electron chi connectivity index (χ1n) is 5.53. The lowest BCUT2D eigenvalue weighted by molar-refractivity contribution is 0.760. The molecule has 0 aromatic carbocycles. The highest BCUT2D eigenvalue weighted by atomic mass is 32.2. The second-order valence-corrected chi connectivity index (χ2v) is 4.91. The normalized spacial score (nSPS) is 10.7. The van der Waals surface area contributed by atoms with E-state index in [1.807, 2.05) is 14.0 Å². The van der Waals surface area contributed by atoms with E-state index in [4.69, 9.17) is 17.3 Å². The molecule has 0 spiro atoms. The van der Waals surface area contributed by atoms with Gasteiger partial charge in [-0.15, -0.1) is 0 Å². The fourth-order valence-electron chi connectivity index (χ4n) is 1.72. The van der Waals surface area contributed by atoms with Crippen molar-refractivity contribution in [1.29, 1.82) is 0 Å². The lowest BCUT2D eigenvalue weighted by atomic mass is 10.3. The molecule has 0 radical (unpaired) electrons. The van der Waals surface area contributed by atoms with E-state index >= 15 is 0 Å². The van der Waals surface area contributed by atoms with Crippen LogP contribution in [0.25, 0.3) is 0 Å². The first kappa shape index (κ1) is 13.4. The van der Waals surface area contributed by atoms with E-state index in [9.17, 15) is 0 Å². The van der Waals surface area contributed by atoms with E-state index in [-0.39, 0.29) is 0 Å². The average Bonchev–Trinajstić information content (AvgIpc) is 2.59. The van der Waals surface area contributed by atoms with Gasteiger partial charge in [-0.1, -0.05) is 11.8 Å². The quantitative estimate of drug-likeness (QED) is 0.271. The number of nitrogens with two attached hydrogens (primary N) is 3. The van der Waals surface area contributed by atoms with Gasteiger partial charge in [0.1, 0.15) is 17.5 Å². The average molecular weight is 280 g/mol. The summed E-state index contributed by atoms with van der Waals surface area (Å²) >= 11 is 1.43. The van der Waals surface area contributed by atoms with Gasteiger partial charge >= 0.3 is 0 Å². The molecule has 2 aromatic heterocycles. The molecule has 0 saturated heterocycles. The number of aryl methyl sites for hydroxylation is 2. The minimum Gasteiger partial charge on any atom is -0.383 e. The van der Waals surface area contributed by atoms with Crippen molar-refractivity contribution in [1.82, 2.24) is 19.7 Å². The monoisotopic (exact) mass is 280 g/mol. The first-order valence-corrected chi connectivity index (χ1v) is 6.51. The lowest BCUT2D eigenvalue weighted by Crippen LogP contribution is -2.12. The highest BCUT2D eigenvalue weighted by molar-refractivity contribution is 7.98. The molecule has 0 fully saturated rings. The van der Waals surface area contributed by atoms with E-state index < -0.39 is 0 Å². The number of hydrogen-bond acceptors (Lipinski definition) is 8. The molecule has 0 atom stereocenters. The van der Waals surface area contributed by atoms with Gasteiger partial charge < -0.3 is 16.9 Å². The highest BCUT2D eigenvalue weighted by Gasteiger charge is 2.13. The molecule has 0 unspecified atom stereocenters. The summed E-state index contributed by atoms with van der Waals surface area (Å²) in [6, 6.07) is 1.52. The molecule has 0 saturated carbocycles. The zero-order valence-corrected chi connectivity index (χ0v) is 11.5. The van der Waals surface area contributed by atoms with Crippen LogP contribution in [-0.2, 0) is 12.8 Å². The second-order valence-electron chi connectivity index (χ2n) is 3.97. The number of hydrazine groups is 1. The van der Waals surface area contributed by atoms with Gasteiger partial charge in [-0.05, 0) is 6.92 Å². The molecule has 102 valence electrons. The van der Waals surface area contributed by atoms with Crippen molar-refractivity contribution in [3.8, 4) is 0 Å². The lowest BCUT2D eigenvalue weighted by Gasteiger charge is -2.05.